The van der Waals surface area contributed by atoms with E-state index in [9.17, 15) is 4.79 Å². The van der Waals surface area contributed by atoms with Crippen LogP contribution in [0.15, 0.2) is 65.7 Å². The van der Waals surface area contributed by atoms with Gasteiger partial charge in [0, 0.05) is 56.4 Å². The number of aromatic amines is 1. The number of hydrogen-bond acceptors (Lipinski definition) is 7. The molecule has 0 unspecified atom stereocenters. The number of fused-ring (bicyclic) bond motifs is 1. The summed E-state index contributed by atoms with van der Waals surface area (Å²) in [4.78, 5) is 29.4. The molecule has 180 valence electrons. The number of piperazine rings is 1. The Hall–Kier alpha value is -3.75. The molecule has 3 aromatic heterocycles. The maximum absolute atomic E-state index is 12.6. The van der Waals surface area contributed by atoms with Crippen LogP contribution in [0.4, 0.5) is 17.3 Å². The average molecular weight is 470 g/mol. The van der Waals surface area contributed by atoms with Crippen LogP contribution >= 0.6 is 0 Å². The zero-order valence-electron chi connectivity index (χ0n) is 20.0. The largest absolute Gasteiger partial charge is 0.384 e. The van der Waals surface area contributed by atoms with Crippen molar-refractivity contribution in [2.45, 2.75) is 13.3 Å². The van der Waals surface area contributed by atoms with Crippen molar-refractivity contribution in [2.75, 3.05) is 50.3 Å². The Morgan fingerprint density at radius 2 is 1.80 bits per heavy atom. The van der Waals surface area contributed by atoms with Gasteiger partial charge in [-0.2, -0.15) is 0 Å². The number of nitrogens with two attached hydrogens (primary N) is 1. The fourth-order valence-electron chi connectivity index (χ4n) is 4.52. The molecule has 0 aliphatic carbocycles. The number of anilines is 3. The fraction of sp³-hybridized carbons (Fsp3) is 0.296. The third-order valence-corrected chi connectivity index (χ3v) is 6.68. The average Bonchev–Trinajstić information content (AvgIpc) is 2.89. The molecule has 0 spiro atoms. The van der Waals surface area contributed by atoms with Gasteiger partial charge in [-0.15, -0.1) is 0 Å². The SMILES string of the molecule is CCN1CCN(CCc2ccc(Nc3nc(-c4ccc(N)nc4)cc4cc[nH]c(=O)c34)cc2)CC1. The van der Waals surface area contributed by atoms with Gasteiger partial charge in [-0.1, -0.05) is 19.1 Å². The summed E-state index contributed by atoms with van der Waals surface area (Å²) in [6.07, 6.45) is 4.36. The Kier molecular flexibility index (Phi) is 6.74. The quantitative estimate of drug-likeness (QED) is 0.381. The maximum atomic E-state index is 12.6. The summed E-state index contributed by atoms with van der Waals surface area (Å²) in [5.41, 5.74) is 9.29. The van der Waals surface area contributed by atoms with E-state index in [2.05, 4.69) is 44.1 Å². The van der Waals surface area contributed by atoms with Gasteiger partial charge in [0.15, 0.2) is 0 Å². The van der Waals surface area contributed by atoms with E-state index in [0.29, 0.717) is 17.0 Å². The second-order valence-electron chi connectivity index (χ2n) is 8.95. The van der Waals surface area contributed by atoms with Crippen molar-refractivity contribution < 1.29 is 0 Å². The number of nitrogens with zero attached hydrogens (tertiary/aromatic N) is 4. The van der Waals surface area contributed by atoms with Crippen molar-refractivity contribution in [2.24, 2.45) is 0 Å². The second-order valence-corrected chi connectivity index (χ2v) is 8.95. The van der Waals surface area contributed by atoms with Gasteiger partial charge in [0.25, 0.3) is 5.56 Å². The smallest absolute Gasteiger partial charge is 0.259 e. The summed E-state index contributed by atoms with van der Waals surface area (Å²) >= 11 is 0. The van der Waals surface area contributed by atoms with Gasteiger partial charge in [-0.05, 0) is 60.3 Å². The van der Waals surface area contributed by atoms with Crippen molar-refractivity contribution >= 4 is 28.1 Å². The van der Waals surface area contributed by atoms with Crippen LogP contribution in [-0.2, 0) is 6.42 Å². The van der Waals surface area contributed by atoms with Crippen LogP contribution in [0.2, 0.25) is 0 Å². The Bertz CT molecular complexity index is 1340. The van der Waals surface area contributed by atoms with E-state index in [1.54, 1.807) is 18.5 Å². The van der Waals surface area contributed by atoms with Gasteiger partial charge in [0.2, 0.25) is 0 Å². The van der Waals surface area contributed by atoms with E-state index in [1.807, 2.05) is 30.3 Å². The topological polar surface area (TPSA) is 103 Å². The van der Waals surface area contributed by atoms with Crippen LogP contribution in [0, 0.1) is 0 Å². The Labute approximate surface area is 204 Å². The molecule has 1 saturated heterocycles. The van der Waals surface area contributed by atoms with Crippen LogP contribution in [0.1, 0.15) is 12.5 Å². The summed E-state index contributed by atoms with van der Waals surface area (Å²) in [6.45, 7) is 9.03. The van der Waals surface area contributed by atoms with E-state index >= 15 is 0 Å². The number of H-pyrrole nitrogens is 1. The van der Waals surface area contributed by atoms with Crippen LogP contribution in [0.5, 0.6) is 0 Å². The van der Waals surface area contributed by atoms with Crippen molar-refractivity contribution in [3.8, 4) is 11.3 Å². The van der Waals surface area contributed by atoms with Gasteiger partial charge < -0.3 is 25.8 Å². The van der Waals surface area contributed by atoms with Crippen molar-refractivity contribution in [3.63, 3.8) is 0 Å². The molecular formula is C27H31N7O. The van der Waals surface area contributed by atoms with Crippen LogP contribution < -0.4 is 16.6 Å². The normalized spacial score (nSPS) is 14.9. The number of nitrogen functional groups attached to an aromatic ring is 1. The predicted octanol–water partition coefficient (Wildman–Crippen LogP) is 3.49. The molecule has 4 aromatic rings. The van der Waals surface area contributed by atoms with E-state index in [4.69, 9.17) is 10.7 Å². The number of hydrogen-bond donors (Lipinski definition) is 3. The number of pyridine rings is 3. The first-order valence-corrected chi connectivity index (χ1v) is 12.1. The van der Waals surface area contributed by atoms with Crippen LogP contribution in [0.25, 0.3) is 22.0 Å². The number of nitrogens with one attached hydrogen (secondary N) is 2. The first kappa shape index (κ1) is 23.0. The molecule has 4 heterocycles. The highest BCUT2D eigenvalue weighted by atomic mass is 16.1. The molecule has 4 N–H and O–H groups in total. The van der Waals surface area contributed by atoms with Gasteiger partial charge in [0.05, 0.1) is 11.1 Å². The summed E-state index contributed by atoms with van der Waals surface area (Å²) < 4.78 is 0. The zero-order chi connectivity index (χ0) is 24.2. The van der Waals surface area contributed by atoms with E-state index in [1.165, 1.54) is 5.56 Å². The number of aromatic nitrogens is 3. The lowest BCUT2D eigenvalue weighted by Gasteiger charge is -2.34. The first-order valence-electron chi connectivity index (χ1n) is 12.1. The highest BCUT2D eigenvalue weighted by molar-refractivity contribution is 5.95. The molecule has 8 nitrogen and oxygen atoms in total. The lowest BCUT2D eigenvalue weighted by atomic mass is 10.1. The molecule has 1 aliphatic heterocycles. The highest BCUT2D eigenvalue weighted by Crippen LogP contribution is 2.28. The maximum Gasteiger partial charge on any atom is 0.259 e. The Morgan fingerprint density at radius 1 is 1.03 bits per heavy atom. The Morgan fingerprint density at radius 3 is 2.51 bits per heavy atom. The van der Waals surface area contributed by atoms with Gasteiger partial charge in [0.1, 0.15) is 11.6 Å². The van der Waals surface area contributed by atoms with Crippen molar-refractivity contribution in [1.29, 1.82) is 0 Å². The van der Waals surface area contributed by atoms with Crippen LogP contribution in [-0.4, -0.2) is 64.0 Å². The molecule has 8 heteroatoms. The van der Waals surface area contributed by atoms with Crippen LogP contribution in [0.3, 0.4) is 0 Å². The molecule has 0 radical (unpaired) electrons. The third-order valence-electron chi connectivity index (χ3n) is 6.68. The molecule has 1 aliphatic rings. The minimum atomic E-state index is -0.181. The van der Waals surface area contributed by atoms with Crippen molar-refractivity contribution in [3.05, 3.63) is 76.8 Å². The van der Waals surface area contributed by atoms with Gasteiger partial charge >= 0.3 is 0 Å². The molecule has 35 heavy (non-hydrogen) atoms. The number of likely N-dealkylation sites (N-methyl/N-ethyl adjacent to an activating group) is 1. The lowest BCUT2D eigenvalue weighted by Crippen LogP contribution is -2.46. The predicted molar refractivity (Wildman–Crippen MR) is 142 cm³/mol. The summed E-state index contributed by atoms with van der Waals surface area (Å²) in [6, 6.07) is 15.8. The number of rotatable bonds is 7. The first-order chi connectivity index (χ1) is 17.1. The van der Waals surface area contributed by atoms with E-state index in [0.717, 1.165) is 68.0 Å². The minimum absolute atomic E-state index is 0.181. The lowest BCUT2D eigenvalue weighted by molar-refractivity contribution is 0.138. The minimum Gasteiger partial charge on any atom is -0.384 e. The molecule has 0 atom stereocenters. The van der Waals surface area contributed by atoms with E-state index in [-0.39, 0.29) is 5.56 Å². The molecule has 1 aromatic carbocycles. The standard InChI is InChI=1S/C27H31N7O/c1-2-33-13-15-34(16-14-33)12-10-19-3-6-22(7-4-19)31-26-25-20(9-11-29-27(25)35)17-23(32-26)21-5-8-24(28)30-18-21/h3-9,11,17-18H,2,10,12-16H2,1H3,(H2,28,30)(H,29,35)(H,31,32). The third kappa shape index (κ3) is 5.34. The number of benzene rings is 1. The molecule has 0 saturated carbocycles. The molecule has 5 rings (SSSR count). The molecule has 0 bridgehead atoms. The van der Waals surface area contributed by atoms with Gasteiger partial charge in [-0.3, -0.25) is 4.79 Å². The monoisotopic (exact) mass is 469 g/mol. The Balaban J connectivity index is 1.34. The second kappa shape index (κ2) is 10.2. The fourth-order valence-corrected chi connectivity index (χ4v) is 4.52. The highest BCUT2D eigenvalue weighted by Gasteiger charge is 2.15. The molecular weight excluding hydrogens is 438 g/mol. The van der Waals surface area contributed by atoms with Crippen molar-refractivity contribution in [1.82, 2.24) is 24.8 Å². The zero-order valence-corrected chi connectivity index (χ0v) is 20.0. The van der Waals surface area contributed by atoms with E-state index < -0.39 is 0 Å². The molecule has 1 fully saturated rings. The summed E-state index contributed by atoms with van der Waals surface area (Å²) in [7, 11) is 0. The molecule has 0 amide bonds. The summed E-state index contributed by atoms with van der Waals surface area (Å²) in [5, 5.41) is 4.69. The summed E-state index contributed by atoms with van der Waals surface area (Å²) in [5.74, 6) is 0.963. The van der Waals surface area contributed by atoms with Gasteiger partial charge in [-0.25, -0.2) is 9.97 Å².